The molecule has 24 heavy (non-hydrogen) atoms. The number of anilines is 1. The van der Waals surface area contributed by atoms with E-state index in [-0.39, 0.29) is 17.9 Å². The molecule has 0 aromatic carbocycles. The largest absolute Gasteiger partial charge is 0.369 e. The predicted molar refractivity (Wildman–Crippen MR) is 89.7 cm³/mol. The zero-order valence-corrected chi connectivity index (χ0v) is 14.5. The van der Waals surface area contributed by atoms with Gasteiger partial charge in [-0.25, -0.2) is 9.97 Å². The summed E-state index contributed by atoms with van der Waals surface area (Å²) < 4.78 is 12.2. The van der Waals surface area contributed by atoms with Crippen molar-refractivity contribution < 1.29 is 9.53 Å². The first kappa shape index (κ1) is 15.7. The van der Waals surface area contributed by atoms with E-state index in [0.29, 0.717) is 18.2 Å². The quantitative estimate of drug-likeness (QED) is 0.868. The van der Waals surface area contributed by atoms with Crippen LogP contribution in [0.1, 0.15) is 43.9 Å². The molecule has 0 unspecified atom stereocenters. The van der Waals surface area contributed by atoms with E-state index in [1.807, 2.05) is 10.8 Å². The minimum atomic E-state index is -0.293. The highest BCUT2D eigenvalue weighted by molar-refractivity contribution is 7.09. The molecule has 7 nitrogen and oxygen atoms in total. The smallest absolute Gasteiger partial charge is 0.232 e. The average molecular weight is 347 g/mol. The molecule has 1 saturated carbocycles. The van der Waals surface area contributed by atoms with Crippen molar-refractivity contribution in [1.82, 2.24) is 18.9 Å². The SMILES string of the molecule is CCn1ccnc1[C@@H]1OCC[C@H]1C(=O)Nc1nc(CC2CC2)ns1. The molecule has 0 bridgehead atoms. The Labute approximate surface area is 144 Å². The Morgan fingerprint density at radius 2 is 2.33 bits per heavy atom. The monoisotopic (exact) mass is 347 g/mol. The molecule has 0 spiro atoms. The summed E-state index contributed by atoms with van der Waals surface area (Å²) in [6.07, 6.45) is 7.54. The number of imidazole rings is 1. The van der Waals surface area contributed by atoms with Crippen LogP contribution in [0, 0.1) is 11.8 Å². The third kappa shape index (κ3) is 3.21. The number of hydrogen-bond donors (Lipinski definition) is 1. The van der Waals surface area contributed by atoms with Crippen molar-refractivity contribution >= 4 is 22.6 Å². The van der Waals surface area contributed by atoms with Crippen LogP contribution in [0.2, 0.25) is 0 Å². The fourth-order valence-corrected chi connectivity index (χ4v) is 3.72. The number of carbonyl (C=O) groups excluding carboxylic acids is 1. The second-order valence-corrected chi connectivity index (χ2v) is 7.16. The summed E-state index contributed by atoms with van der Waals surface area (Å²) in [6, 6.07) is 0. The predicted octanol–water partition coefficient (Wildman–Crippen LogP) is 2.42. The van der Waals surface area contributed by atoms with Crippen molar-refractivity contribution in [3.8, 4) is 0 Å². The second-order valence-electron chi connectivity index (χ2n) is 6.41. The van der Waals surface area contributed by atoms with Crippen LogP contribution in [0.15, 0.2) is 12.4 Å². The summed E-state index contributed by atoms with van der Waals surface area (Å²) in [7, 11) is 0. The van der Waals surface area contributed by atoms with E-state index in [4.69, 9.17) is 4.74 Å². The minimum absolute atomic E-state index is 0.0581. The molecule has 1 N–H and O–H groups in total. The van der Waals surface area contributed by atoms with Crippen LogP contribution < -0.4 is 5.32 Å². The normalized spacial score (nSPS) is 23.5. The molecule has 1 aliphatic heterocycles. The summed E-state index contributed by atoms with van der Waals surface area (Å²) >= 11 is 1.26. The Morgan fingerprint density at radius 3 is 3.12 bits per heavy atom. The Hall–Kier alpha value is -1.80. The van der Waals surface area contributed by atoms with Crippen LogP contribution in [0.5, 0.6) is 0 Å². The van der Waals surface area contributed by atoms with E-state index in [1.165, 1.54) is 24.4 Å². The molecule has 4 rings (SSSR count). The molecule has 2 atom stereocenters. The average Bonchev–Trinajstić information content (AvgIpc) is 2.99. The molecule has 2 aromatic heterocycles. The van der Waals surface area contributed by atoms with E-state index in [9.17, 15) is 4.79 Å². The van der Waals surface area contributed by atoms with Crippen LogP contribution in [0.3, 0.4) is 0 Å². The molecule has 2 aliphatic rings. The molecule has 128 valence electrons. The van der Waals surface area contributed by atoms with Crippen molar-refractivity contribution in [2.45, 2.75) is 45.3 Å². The maximum atomic E-state index is 12.7. The summed E-state index contributed by atoms with van der Waals surface area (Å²) in [5.41, 5.74) is 0. The molecule has 3 heterocycles. The van der Waals surface area contributed by atoms with Crippen LogP contribution in [-0.2, 0) is 22.5 Å². The van der Waals surface area contributed by atoms with Crippen molar-refractivity contribution in [3.05, 3.63) is 24.0 Å². The van der Waals surface area contributed by atoms with Gasteiger partial charge in [0.25, 0.3) is 0 Å². The van der Waals surface area contributed by atoms with Crippen LogP contribution in [0.25, 0.3) is 0 Å². The number of nitrogens with zero attached hydrogens (tertiary/aromatic N) is 4. The third-order valence-electron chi connectivity index (χ3n) is 4.64. The standard InChI is InChI=1S/C16H21N5O2S/c1-2-21-7-6-17-14(21)13-11(5-8-23-13)15(22)19-16-18-12(20-24-16)9-10-3-4-10/h6-7,10-11,13H,2-5,8-9H2,1H3,(H,18,19,20,22)/t11-,13-/m1/s1. The van der Waals surface area contributed by atoms with E-state index in [1.54, 1.807) is 6.20 Å². The van der Waals surface area contributed by atoms with Crippen molar-refractivity contribution in [1.29, 1.82) is 0 Å². The lowest BCUT2D eigenvalue weighted by atomic mass is 10.00. The molecule has 1 amide bonds. The van der Waals surface area contributed by atoms with Crippen molar-refractivity contribution in [3.63, 3.8) is 0 Å². The highest BCUT2D eigenvalue weighted by Gasteiger charge is 2.38. The lowest BCUT2D eigenvalue weighted by Gasteiger charge is -2.18. The van der Waals surface area contributed by atoms with Gasteiger partial charge in [-0.2, -0.15) is 4.37 Å². The zero-order chi connectivity index (χ0) is 16.5. The van der Waals surface area contributed by atoms with E-state index < -0.39 is 0 Å². The molecule has 0 radical (unpaired) electrons. The Morgan fingerprint density at radius 1 is 1.46 bits per heavy atom. The molecule has 8 heteroatoms. The maximum Gasteiger partial charge on any atom is 0.232 e. The number of nitrogens with one attached hydrogen (secondary N) is 1. The van der Waals surface area contributed by atoms with Gasteiger partial charge in [-0.1, -0.05) is 0 Å². The Balaban J connectivity index is 1.43. The summed E-state index contributed by atoms with van der Waals surface area (Å²) in [6.45, 7) is 3.44. The van der Waals surface area contributed by atoms with Gasteiger partial charge in [0.05, 0.1) is 5.92 Å². The molecule has 1 saturated heterocycles. The highest BCUT2D eigenvalue weighted by atomic mass is 32.1. The molecule has 2 aromatic rings. The van der Waals surface area contributed by atoms with Crippen LogP contribution in [-0.4, -0.2) is 31.4 Å². The van der Waals surface area contributed by atoms with E-state index >= 15 is 0 Å². The van der Waals surface area contributed by atoms with Gasteiger partial charge in [0.2, 0.25) is 11.0 Å². The number of carbonyl (C=O) groups is 1. The van der Waals surface area contributed by atoms with Crippen LogP contribution >= 0.6 is 11.5 Å². The molecule has 1 aliphatic carbocycles. The first-order chi connectivity index (χ1) is 11.7. The van der Waals surface area contributed by atoms with Crippen LogP contribution in [0.4, 0.5) is 5.13 Å². The van der Waals surface area contributed by atoms with E-state index in [2.05, 4.69) is 26.6 Å². The number of aryl methyl sites for hydroxylation is 1. The lowest BCUT2D eigenvalue weighted by molar-refractivity contribution is -0.121. The molecular weight excluding hydrogens is 326 g/mol. The Kier molecular flexibility index (Phi) is 4.32. The van der Waals surface area contributed by atoms with E-state index in [0.717, 1.165) is 30.5 Å². The van der Waals surface area contributed by atoms with Gasteiger partial charge in [0.15, 0.2) is 0 Å². The van der Waals surface area contributed by atoms with Gasteiger partial charge in [-0.05, 0) is 32.1 Å². The zero-order valence-electron chi connectivity index (χ0n) is 13.6. The van der Waals surface area contributed by atoms with Crippen molar-refractivity contribution in [2.75, 3.05) is 11.9 Å². The van der Waals surface area contributed by atoms with Crippen molar-refractivity contribution in [2.24, 2.45) is 11.8 Å². The summed E-state index contributed by atoms with van der Waals surface area (Å²) in [5, 5.41) is 3.50. The number of aromatic nitrogens is 4. The highest BCUT2D eigenvalue weighted by Crippen LogP contribution is 2.35. The lowest BCUT2D eigenvalue weighted by Crippen LogP contribution is -2.26. The number of amides is 1. The number of rotatable bonds is 6. The number of hydrogen-bond acceptors (Lipinski definition) is 6. The first-order valence-corrected chi connectivity index (χ1v) is 9.28. The second kappa shape index (κ2) is 6.60. The van der Waals surface area contributed by atoms with Gasteiger partial charge in [-0.3, -0.25) is 4.79 Å². The third-order valence-corrected chi connectivity index (χ3v) is 5.31. The summed E-state index contributed by atoms with van der Waals surface area (Å²) in [4.78, 5) is 21.5. The topological polar surface area (TPSA) is 81.9 Å². The maximum absolute atomic E-state index is 12.7. The molecule has 2 fully saturated rings. The van der Waals surface area contributed by atoms with Gasteiger partial charge in [-0.15, -0.1) is 0 Å². The molecular formula is C16H21N5O2S. The fraction of sp³-hybridized carbons (Fsp3) is 0.625. The van der Waals surface area contributed by atoms with Gasteiger partial charge in [0.1, 0.15) is 17.8 Å². The Bertz CT molecular complexity index is 724. The number of ether oxygens (including phenoxy) is 1. The first-order valence-electron chi connectivity index (χ1n) is 8.50. The van der Waals surface area contributed by atoms with Gasteiger partial charge >= 0.3 is 0 Å². The van der Waals surface area contributed by atoms with Gasteiger partial charge < -0.3 is 14.6 Å². The summed E-state index contributed by atoms with van der Waals surface area (Å²) in [5.74, 6) is 2.11. The fourth-order valence-electron chi connectivity index (χ4n) is 3.12. The van der Waals surface area contributed by atoms with Gasteiger partial charge in [0, 0.05) is 43.5 Å². The minimum Gasteiger partial charge on any atom is -0.369 e.